The monoisotopic (exact) mass is 425 g/mol. The zero-order valence-electron chi connectivity index (χ0n) is 14.9. The summed E-state index contributed by atoms with van der Waals surface area (Å²) in [6, 6.07) is 4.28. The Kier molecular flexibility index (Phi) is 5.16. The van der Waals surface area contributed by atoms with E-state index in [0.717, 1.165) is 18.4 Å². The van der Waals surface area contributed by atoms with E-state index in [1.807, 2.05) is 4.72 Å². The van der Waals surface area contributed by atoms with Crippen LogP contribution in [0.15, 0.2) is 30.5 Å². The van der Waals surface area contributed by atoms with Gasteiger partial charge in [-0.1, -0.05) is 0 Å². The van der Waals surface area contributed by atoms with Gasteiger partial charge in [-0.2, -0.15) is 0 Å². The summed E-state index contributed by atoms with van der Waals surface area (Å²) in [5.41, 5.74) is -2.17. The molecule has 0 amide bonds. The third kappa shape index (κ3) is 4.13. The molecule has 1 aromatic heterocycles. The van der Waals surface area contributed by atoms with Crippen LogP contribution < -0.4 is 14.8 Å². The van der Waals surface area contributed by atoms with E-state index < -0.39 is 43.6 Å². The van der Waals surface area contributed by atoms with Crippen LogP contribution >= 0.6 is 0 Å². The number of halogens is 2. The van der Waals surface area contributed by atoms with Gasteiger partial charge in [-0.05, 0) is 24.3 Å². The second-order valence-electron chi connectivity index (χ2n) is 5.78. The van der Waals surface area contributed by atoms with Crippen LogP contribution in [0.3, 0.4) is 0 Å². The van der Waals surface area contributed by atoms with Gasteiger partial charge in [-0.15, -0.1) is 0 Å². The van der Waals surface area contributed by atoms with E-state index in [1.165, 1.54) is 25.4 Å². The summed E-state index contributed by atoms with van der Waals surface area (Å²) < 4.78 is 58.4. The molecule has 0 saturated heterocycles. The van der Waals surface area contributed by atoms with Crippen LogP contribution in [0.5, 0.6) is 5.88 Å². The van der Waals surface area contributed by atoms with Crippen molar-refractivity contribution in [3.05, 3.63) is 52.2 Å². The number of benzene rings is 2. The molecule has 0 fully saturated rings. The van der Waals surface area contributed by atoms with Crippen molar-refractivity contribution in [3.8, 4) is 5.88 Å². The highest BCUT2D eigenvalue weighted by atomic mass is 32.2. The van der Waals surface area contributed by atoms with Crippen molar-refractivity contribution in [1.82, 2.24) is 9.97 Å². The van der Waals surface area contributed by atoms with Crippen LogP contribution in [-0.2, 0) is 10.0 Å². The zero-order valence-corrected chi connectivity index (χ0v) is 15.8. The van der Waals surface area contributed by atoms with Gasteiger partial charge in [-0.3, -0.25) is 14.8 Å². The topological polar surface area (TPSA) is 136 Å². The third-order valence-electron chi connectivity index (χ3n) is 3.70. The summed E-state index contributed by atoms with van der Waals surface area (Å²) in [4.78, 5) is 18.8. The van der Waals surface area contributed by atoms with E-state index in [-0.39, 0.29) is 22.6 Å². The molecule has 13 heteroatoms. The molecule has 1 heterocycles. The molecule has 0 aliphatic rings. The number of hydrogen-bond acceptors (Lipinski definition) is 8. The van der Waals surface area contributed by atoms with Crippen molar-refractivity contribution in [2.75, 3.05) is 23.4 Å². The molecule has 2 N–H and O–H groups in total. The maximum Gasteiger partial charge on any atom is 0.320 e. The fraction of sp³-hybridized carbons (Fsp3) is 0.125. The summed E-state index contributed by atoms with van der Waals surface area (Å²) in [5, 5.41) is 13.9. The van der Waals surface area contributed by atoms with E-state index in [9.17, 15) is 27.3 Å². The Morgan fingerprint density at radius 3 is 2.48 bits per heavy atom. The molecule has 0 aliphatic heterocycles. The van der Waals surface area contributed by atoms with Crippen LogP contribution in [0.2, 0.25) is 0 Å². The molecule has 0 atom stereocenters. The van der Waals surface area contributed by atoms with Crippen molar-refractivity contribution in [1.29, 1.82) is 0 Å². The molecule has 0 saturated carbocycles. The maximum absolute atomic E-state index is 14.7. The molecular weight excluding hydrogens is 412 g/mol. The van der Waals surface area contributed by atoms with Gasteiger partial charge in [0.2, 0.25) is 15.9 Å². The average molecular weight is 425 g/mol. The number of nitro groups is 1. The molecule has 152 valence electrons. The Hall–Kier alpha value is -3.61. The molecule has 0 aliphatic carbocycles. The molecule has 2 aromatic carbocycles. The van der Waals surface area contributed by atoms with Gasteiger partial charge in [0.1, 0.15) is 17.2 Å². The van der Waals surface area contributed by atoms with Crippen LogP contribution in [0, 0.1) is 21.7 Å². The number of ether oxygens (including phenoxy) is 1. The van der Waals surface area contributed by atoms with Crippen LogP contribution in [0.25, 0.3) is 11.0 Å². The van der Waals surface area contributed by atoms with Crippen molar-refractivity contribution in [2.45, 2.75) is 0 Å². The van der Waals surface area contributed by atoms with Gasteiger partial charge in [0.15, 0.2) is 11.3 Å². The predicted octanol–water partition coefficient (Wildman–Crippen LogP) is 2.94. The Bertz CT molecular complexity index is 1240. The van der Waals surface area contributed by atoms with E-state index in [4.69, 9.17) is 4.74 Å². The van der Waals surface area contributed by atoms with Crippen molar-refractivity contribution >= 4 is 43.8 Å². The first kappa shape index (κ1) is 20.1. The largest absolute Gasteiger partial charge is 0.480 e. The molecular formula is C16H13F2N5O5S. The molecule has 3 aromatic rings. The Balaban J connectivity index is 2.17. The van der Waals surface area contributed by atoms with E-state index >= 15 is 0 Å². The number of fused-ring (bicyclic) bond motifs is 1. The number of nitrogens with zero attached hydrogens (tertiary/aromatic N) is 3. The minimum atomic E-state index is -3.84. The first-order valence-corrected chi connectivity index (χ1v) is 9.71. The number of anilines is 3. The summed E-state index contributed by atoms with van der Waals surface area (Å²) in [7, 11) is -2.54. The average Bonchev–Trinajstić information content (AvgIpc) is 2.65. The Morgan fingerprint density at radius 1 is 1.17 bits per heavy atom. The number of nitro benzene ring substituents is 1. The van der Waals surface area contributed by atoms with Gasteiger partial charge >= 0.3 is 5.69 Å². The normalized spacial score (nSPS) is 11.3. The molecule has 0 radical (unpaired) electrons. The van der Waals surface area contributed by atoms with Crippen molar-refractivity contribution < 1.29 is 26.9 Å². The summed E-state index contributed by atoms with van der Waals surface area (Å²) in [6.07, 6.45) is 2.06. The number of nitrogens with one attached hydrogen (secondary N) is 2. The lowest BCUT2D eigenvalue weighted by Gasteiger charge is -2.13. The fourth-order valence-electron chi connectivity index (χ4n) is 2.51. The highest BCUT2D eigenvalue weighted by molar-refractivity contribution is 7.92. The number of rotatable bonds is 6. The fourth-order valence-corrected chi connectivity index (χ4v) is 3.07. The Morgan fingerprint density at radius 2 is 1.86 bits per heavy atom. The Labute approximate surface area is 162 Å². The quantitative estimate of drug-likeness (QED) is 0.454. The molecule has 0 spiro atoms. The number of methoxy groups -OCH3 is 1. The molecule has 3 rings (SSSR count). The van der Waals surface area contributed by atoms with Gasteiger partial charge in [0.25, 0.3) is 0 Å². The zero-order chi connectivity index (χ0) is 21.3. The highest BCUT2D eigenvalue weighted by Crippen LogP contribution is 2.36. The first-order valence-electron chi connectivity index (χ1n) is 7.81. The third-order valence-corrected chi connectivity index (χ3v) is 4.29. The summed E-state index contributed by atoms with van der Waals surface area (Å²) in [6.45, 7) is 0. The minimum absolute atomic E-state index is 0.00876. The summed E-state index contributed by atoms with van der Waals surface area (Å²) in [5.74, 6) is -2.36. The molecule has 0 unspecified atom stereocenters. The van der Waals surface area contributed by atoms with Crippen LogP contribution in [0.4, 0.5) is 31.5 Å². The van der Waals surface area contributed by atoms with Gasteiger partial charge < -0.3 is 10.1 Å². The summed E-state index contributed by atoms with van der Waals surface area (Å²) >= 11 is 0. The van der Waals surface area contributed by atoms with Gasteiger partial charge in [-0.25, -0.2) is 27.2 Å². The molecule has 0 bridgehead atoms. The van der Waals surface area contributed by atoms with Crippen LogP contribution in [-0.4, -0.2) is 36.7 Å². The first-order chi connectivity index (χ1) is 13.6. The van der Waals surface area contributed by atoms with Crippen molar-refractivity contribution in [3.63, 3.8) is 0 Å². The lowest BCUT2D eigenvalue weighted by atomic mass is 10.2. The lowest BCUT2D eigenvalue weighted by molar-refractivity contribution is -0.382. The second kappa shape index (κ2) is 7.43. The lowest BCUT2D eigenvalue weighted by Crippen LogP contribution is -2.12. The van der Waals surface area contributed by atoms with Gasteiger partial charge in [0, 0.05) is 0 Å². The highest BCUT2D eigenvalue weighted by Gasteiger charge is 2.24. The smallest absolute Gasteiger partial charge is 0.320 e. The predicted molar refractivity (Wildman–Crippen MR) is 101 cm³/mol. The second-order valence-corrected chi connectivity index (χ2v) is 7.53. The SMILES string of the molecule is COc1cnc2ccc(Nc3c(F)ccc(NS(C)(=O)=O)c3F)c([N+](=O)[O-])c2n1. The van der Waals surface area contributed by atoms with Gasteiger partial charge in [0.05, 0.1) is 35.7 Å². The molecule has 29 heavy (non-hydrogen) atoms. The van der Waals surface area contributed by atoms with Crippen molar-refractivity contribution in [2.24, 2.45) is 0 Å². The number of hydrogen-bond donors (Lipinski definition) is 2. The van der Waals surface area contributed by atoms with E-state index in [1.54, 1.807) is 0 Å². The van der Waals surface area contributed by atoms with E-state index in [2.05, 4.69) is 15.3 Å². The molecule has 10 nitrogen and oxygen atoms in total. The van der Waals surface area contributed by atoms with Crippen LogP contribution in [0.1, 0.15) is 0 Å². The number of sulfonamides is 1. The maximum atomic E-state index is 14.7. The minimum Gasteiger partial charge on any atom is -0.480 e. The number of aromatic nitrogens is 2. The van der Waals surface area contributed by atoms with E-state index in [0.29, 0.717) is 0 Å². The standard InChI is InChI=1S/C16H13F2N5O5S/c1-28-12-7-19-10-5-6-11(16(23(24)25)15(10)21-12)20-14-8(17)3-4-9(13(14)18)22-29(2,26)27/h3-7,20,22H,1-2H3.